The largest absolute Gasteiger partial charge is 0.380 e. The maximum absolute atomic E-state index is 6.13. The molecule has 3 saturated heterocycles. The highest BCUT2D eigenvalue weighted by molar-refractivity contribution is 5.22. The minimum Gasteiger partial charge on any atom is -0.380 e. The van der Waals surface area contributed by atoms with Gasteiger partial charge in [0.15, 0.2) is 0 Å². The highest BCUT2D eigenvalue weighted by Crippen LogP contribution is 2.75. The van der Waals surface area contributed by atoms with Gasteiger partial charge in [0, 0.05) is 10.8 Å². The summed E-state index contributed by atoms with van der Waals surface area (Å²) < 4.78 is 12.0. The first-order chi connectivity index (χ1) is 6.82. The molecule has 2 bridgehead atoms. The number of rotatable bonds is 0. The van der Waals surface area contributed by atoms with Crippen LogP contribution in [0.15, 0.2) is 0 Å². The second-order valence-corrected chi connectivity index (χ2v) is 6.41. The van der Waals surface area contributed by atoms with Gasteiger partial charge in [-0.2, -0.15) is 0 Å². The third kappa shape index (κ3) is 0.508. The van der Waals surface area contributed by atoms with Crippen LogP contribution in [0.4, 0.5) is 0 Å². The second-order valence-electron chi connectivity index (χ2n) is 6.41. The third-order valence-corrected chi connectivity index (χ3v) is 6.17. The van der Waals surface area contributed by atoms with Crippen LogP contribution >= 0.6 is 0 Å². The Kier molecular flexibility index (Phi) is 0.931. The number of hydrogen-bond acceptors (Lipinski definition) is 2. The summed E-state index contributed by atoms with van der Waals surface area (Å²) in [6.45, 7) is 2.11. The quantitative estimate of drug-likeness (QED) is 0.580. The van der Waals surface area contributed by atoms with Crippen molar-refractivity contribution in [3.8, 4) is 0 Å². The molecule has 0 aromatic carbocycles. The Labute approximate surface area is 84.0 Å². The fourth-order valence-corrected chi connectivity index (χ4v) is 5.63. The van der Waals surface area contributed by atoms with Crippen LogP contribution in [-0.4, -0.2) is 25.4 Å². The summed E-state index contributed by atoms with van der Waals surface area (Å²) in [6, 6.07) is 0. The summed E-state index contributed by atoms with van der Waals surface area (Å²) in [7, 11) is 0. The lowest BCUT2D eigenvalue weighted by molar-refractivity contribution is -0.150. The first-order valence-corrected chi connectivity index (χ1v) is 6.05. The van der Waals surface area contributed by atoms with Gasteiger partial charge < -0.3 is 9.47 Å². The topological polar surface area (TPSA) is 18.5 Å². The number of hydrogen-bond donors (Lipinski definition) is 0. The van der Waals surface area contributed by atoms with E-state index >= 15 is 0 Å². The van der Waals surface area contributed by atoms with Gasteiger partial charge in [-0.25, -0.2) is 0 Å². The van der Waals surface area contributed by atoms with E-state index in [0.717, 1.165) is 25.0 Å². The van der Waals surface area contributed by atoms with E-state index in [0.29, 0.717) is 23.0 Å². The molecule has 4 atom stereocenters. The molecule has 0 amide bonds. The molecule has 3 aliphatic heterocycles. The van der Waals surface area contributed by atoms with Gasteiger partial charge in [-0.3, -0.25) is 0 Å². The molecular formula is C12H16O2. The van der Waals surface area contributed by atoms with E-state index in [4.69, 9.17) is 9.47 Å². The van der Waals surface area contributed by atoms with Crippen LogP contribution in [-0.2, 0) is 9.47 Å². The van der Waals surface area contributed by atoms with Crippen molar-refractivity contribution in [3.63, 3.8) is 0 Å². The molecule has 1 saturated carbocycles. The summed E-state index contributed by atoms with van der Waals surface area (Å²) >= 11 is 0. The van der Waals surface area contributed by atoms with Crippen molar-refractivity contribution in [3.05, 3.63) is 0 Å². The minimum absolute atomic E-state index is 0.560. The highest BCUT2D eigenvalue weighted by atomic mass is 16.5. The number of ether oxygens (including phenoxy) is 2. The first kappa shape index (κ1) is 7.24. The van der Waals surface area contributed by atoms with Crippen LogP contribution in [0, 0.1) is 22.7 Å². The van der Waals surface area contributed by atoms with Gasteiger partial charge in [-0.15, -0.1) is 0 Å². The van der Waals surface area contributed by atoms with Crippen LogP contribution in [0.3, 0.4) is 0 Å². The van der Waals surface area contributed by atoms with Gasteiger partial charge in [0.05, 0.1) is 25.4 Å². The summed E-state index contributed by atoms with van der Waals surface area (Å²) in [4.78, 5) is 0. The average Bonchev–Trinajstić information content (AvgIpc) is 2.75. The van der Waals surface area contributed by atoms with Crippen LogP contribution in [0.2, 0.25) is 0 Å². The van der Waals surface area contributed by atoms with Gasteiger partial charge in [0.2, 0.25) is 0 Å². The maximum Gasteiger partial charge on any atom is 0.0617 e. The van der Waals surface area contributed by atoms with E-state index < -0.39 is 0 Å². The van der Waals surface area contributed by atoms with Crippen LogP contribution in [0.5, 0.6) is 0 Å². The predicted octanol–water partition coefficient (Wildman–Crippen LogP) is 1.59. The zero-order valence-corrected chi connectivity index (χ0v) is 8.37. The Morgan fingerprint density at radius 2 is 1.36 bits per heavy atom. The van der Waals surface area contributed by atoms with Crippen molar-refractivity contribution in [2.45, 2.75) is 37.9 Å². The van der Waals surface area contributed by atoms with Crippen LogP contribution in [0.25, 0.3) is 0 Å². The van der Waals surface area contributed by atoms with Crippen molar-refractivity contribution >= 4 is 0 Å². The van der Waals surface area contributed by atoms with E-state index in [1.54, 1.807) is 0 Å². The van der Waals surface area contributed by atoms with E-state index in [-0.39, 0.29) is 0 Å². The second kappa shape index (κ2) is 1.80. The van der Waals surface area contributed by atoms with E-state index in [2.05, 4.69) is 0 Å². The summed E-state index contributed by atoms with van der Waals surface area (Å²) in [5.74, 6) is 1.83. The standard InChI is InChI=1S/C12H16O2/c1-7-8-2-11(1)5-13-6-12(11)3-9(7)14-10(8)4-12/h7-10H,1-6H2. The molecule has 4 unspecified atom stereocenters. The van der Waals surface area contributed by atoms with Crippen molar-refractivity contribution in [1.82, 2.24) is 0 Å². The monoisotopic (exact) mass is 192 g/mol. The third-order valence-electron chi connectivity index (χ3n) is 6.17. The number of fused-ring (bicyclic) bond motifs is 6. The Balaban J connectivity index is 1.79. The van der Waals surface area contributed by atoms with Gasteiger partial charge in [0.25, 0.3) is 0 Å². The molecular weight excluding hydrogens is 176 g/mol. The molecule has 2 spiro atoms. The molecule has 76 valence electrons. The molecule has 0 radical (unpaired) electrons. The SMILES string of the molecule is C1OCC23CC4C5CC12CC(O5)C4C3. The molecule has 4 fully saturated rings. The lowest BCUT2D eigenvalue weighted by Gasteiger charge is -2.53. The Bertz CT molecular complexity index is 304. The maximum atomic E-state index is 6.13. The average molecular weight is 192 g/mol. The Morgan fingerprint density at radius 1 is 0.786 bits per heavy atom. The van der Waals surface area contributed by atoms with E-state index in [9.17, 15) is 0 Å². The fourth-order valence-electron chi connectivity index (χ4n) is 5.63. The normalized spacial score (nSPS) is 72.0. The molecule has 0 aromatic rings. The molecule has 2 heteroatoms. The Hall–Kier alpha value is -0.0800. The van der Waals surface area contributed by atoms with Crippen LogP contribution < -0.4 is 0 Å². The summed E-state index contributed by atoms with van der Waals surface area (Å²) in [5.41, 5.74) is 1.17. The highest BCUT2D eigenvalue weighted by Gasteiger charge is 2.74. The Morgan fingerprint density at radius 3 is 2.00 bits per heavy atom. The molecule has 4 aliphatic rings. The van der Waals surface area contributed by atoms with Crippen molar-refractivity contribution in [2.24, 2.45) is 22.7 Å². The molecule has 4 rings (SSSR count). The summed E-state index contributed by atoms with van der Waals surface area (Å²) in [5, 5.41) is 0. The van der Waals surface area contributed by atoms with Gasteiger partial charge in [0.1, 0.15) is 0 Å². The van der Waals surface area contributed by atoms with Gasteiger partial charge >= 0.3 is 0 Å². The molecule has 0 N–H and O–H groups in total. The minimum atomic E-state index is 0.560. The first-order valence-electron chi connectivity index (χ1n) is 6.05. The molecule has 14 heavy (non-hydrogen) atoms. The van der Waals surface area contributed by atoms with Gasteiger partial charge in [-0.1, -0.05) is 0 Å². The lowest BCUT2D eigenvalue weighted by Crippen LogP contribution is -2.53. The van der Waals surface area contributed by atoms with E-state index in [1.807, 2.05) is 0 Å². The van der Waals surface area contributed by atoms with Crippen molar-refractivity contribution in [2.75, 3.05) is 13.2 Å². The van der Waals surface area contributed by atoms with Crippen LogP contribution in [0.1, 0.15) is 25.7 Å². The molecule has 2 nitrogen and oxygen atoms in total. The summed E-state index contributed by atoms with van der Waals surface area (Å²) in [6.07, 6.45) is 6.75. The van der Waals surface area contributed by atoms with Crippen molar-refractivity contribution in [1.29, 1.82) is 0 Å². The predicted molar refractivity (Wildman–Crippen MR) is 49.8 cm³/mol. The molecule has 1 aliphatic carbocycles. The van der Waals surface area contributed by atoms with Gasteiger partial charge in [-0.05, 0) is 37.5 Å². The smallest absolute Gasteiger partial charge is 0.0617 e. The molecule has 0 aromatic heterocycles. The van der Waals surface area contributed by atoms with Crippen molar-refractivity contribution < 1.29 is 9.47 Å². The molecule has 3 heterocycles. The fraction of sp³-hybridized carbons (Fsp3) is 1.00. The van der Waals surface area contributed by atoms with E-state index in [1.165, 1.54) is 25.7 Å². The zero-order valence-electron chi connectivity index (χ0n) is 8.37. The lowest BCUT2D eigenvalue weighted by atomic mass is 9.54. The zero-order chi connectivity index (χ0) is 8.97.